The van der Waals surface area contributed by atoms with E-state index < -0.39 is 18.1 Å². The van der Waals surface area contributed by atoms with Crippen molar-refractivity contribution in [2.75, 3.05) is 13.1 Å². The first-order valence-electron chi connectivity index (χ1n) is 4.29. The van der Waals surface area contributed by atoms with Crippen LogP contribution in [0.1, 0.15) is 13.8 Å². The number of rotatable bonds is 5. The number of aliphatic hydroxyl groups is 1. The fraction of sp³-hybridized carbons (Fsp3) is 0.750. The molecule has 0 heterocycles. The molecule has 0 aliphatic heterocycles. The van der Waals surface area contributed by atoms with Gasteiger partial charge >= 0.3 is 12.0 Å². The van der Waals surface area contributed by atoms with Crippen LogP contribution in [0.25, 0.3) is 0 Å². The largest absolute Gasteiger partial charge is 0.479 e. The zero-order chi connectivity index (χ0) is 11.3. The number of carboxylic acid groups (broad SMARTS) is 1. The Morgan fingerprint density at radius 2 is 1.86 bits per heavy atom. The van der Waals surface area contributed by atoms with Gasteiger partial charge in [0.2, 0.25) is 0 Å². The number of aliphatic carboxylic acids is 1. The summed E-state index contributed by atoms with van der Waals surface area (Å²) in [5, 5.41) is 17.4. The van der Waals surface area contributed by atoms with E-state index in [1.807, 2.05) is 13.8 Å². The summed E-state index contributed by atoms with van der Waals surface area (Å²) >= 11 is 0. The standard InChI is InChI=1S/C8H16N2O4/c1-5(2)3-10(8(9)14)4-6(11)7(12)13/h5-6,11H,3-4H2,1-2H3,(H2,9,14)(H,12,13). The fourth-order valence-electron chi connectivity index (χ4n) is 0.982. The van der Waals surface area contributed by atoms with E-state index in [2.05, 4.69) is 0 Å². The molecule has 0 fully saturated rings. The second kappa shape index (κ2) is 5.43. The van der Waals surface area contributed by atoms with Gasteiger partial charge in [0.25, 0.3) is 0 Å². The van der Waals surface area contributed by atoms with Gasteiger partial charge in [0.05, 0.1) is 6.54 Å². The molecule has 0 saturated carbocycles. The molecule has 6 nitrogen and oxygen atoms in total. The Kier molecular flexibility index (Phi) is 4.93. The first-order chi connectivity index (χ1) is 6.34. The number of carboxylic acids is 1. The molecule has 4 N–H and O–H groups in total. The van der Waals surface area contributed by atoms with Gasteiger partial charge in [-0.05, 0) is 5.92 Å². The van der Waals surface area contributed by atoms with Crippen LogP contribution in [-0.2, 0) is 4.79 Å². The number of nitrogens with zero attached hydrogens (tertiary/aromatic N) is 1. The van der Waals surface area contributed by atoms with Gasteiger partial charge in [0.1, 0.15) is 0 Å². The molecule has 6 heteroatoms. The highest BCUT2D eigenvalue weighted by atomic mass is 16.4. The van der Waals surface area contributed by atoms with Crippen LogP contribution in [0, 0.1) is 5.92 Å². The van der Waals surface area contributed by atoms with Crippen LogP contribution in [0.3, 0.4) is 0 Å². The van der Waals surface area contributed by atoms with E-state index in [-0.39, 0.29) is 12.5 Å². The highest BCUT2D eigenvalue weighted by molar-refractivity contribution is 5.75. The van der Waals surface area contributed by atoms with Crippen molar-refractivity contribution in [2.45, 2.75) is 20.0 Å². The van der Waals surface area contributed by atoms with Crippen molar-refractivity contribution in [3.05, 3.63) is 0 Å². The predicted molar refractivity (Wildman–Crippen MR) is 49.6 cm³/mol. The molecule has 0 bridgehead atoms. The smallest absolute Gasteiger partial charge is 0.334 e. The average Bonchev–Trinajstić information content (AvgIpc) is 2.01. The molecule has 2 amide bonds. The van der Waals surface area contributed by atoms with Crippen LogP contribution < -0.4 is 5.73 Å². The van der Waals surface area contributed by atoms with Crippen LogP contribution in [0.2, 0.25) is 0 Å². The molecule has 0 aromatic rings. The summed E-state index contributed by atoms with van der Waals surface area (Å²) < 4.78 is 0. The van der Waals surface area contributed by atoms with Gasteiger partial charge in [-0.3, -0.25) is 0 Å². The van der Waals surface area contributed by atoms with E-state index in [0.717, 1.165) is 4.90 Å². The van der Waals surface area contributed by atoms with Crippen LogP contribution in [0.5, 0.6) is 0 Å². The lowest BCUT2D eigenvalue weighted by Crippen LogP contribution is -2.44. The number of primary amides is 1. The highest BCUT2D eigenvalue weighted by Gasteiger charge is 2.20. The summed E-state index contributed by atoms with van der Waals surface area (Å²) in [5.41, 5.74) is 5.02. The zero-order valence-electron chi connectivity index (χ0n) is 8.30. The summed E-state index contributed by atoms with van der Waals surface area (Å²) in [6, 6.07) is -0.723. The van der Waals surface area contributed by atoms with Gasteiger partial charge in [-0.15, -0.1) is 0 Å². The minimum absolute atomic E-state index is 0.170. The van der Waals surface area contributed by atoms with E-state index >= 15 is 0 Å². The Morgan fingerprint density at radius 3 is 2.14 bits per heavy atom. The third-order valence-electron chi connectivity index (χ3n) is 1.58. The Morgan fingerprint density at radius 1 is 1.36 bits per heavy atom. The molecule has 14 heavy (non-hydrogen) atoms. The summed E-state index contributed by atoms with van der Waals surface area (Å²) in [5.74, 6) is -1.19. The van der Waals surface area contributed by atoms with E-state index in [4.69, 9.17) is 15.9 Å². The number of urea groups is 1. The molecule has 0 aliphatic rings. The monoisotopic (exact) mass is 204 g/mol. The van der Waals surface area contributed by atoms with Crippen molar-refractivity contribution in [1.82, 2.24) is 4.90 Å². The number of aliphatic hydroxyl groups excluding tert-OH is 1. The number of hydrogen-bond donors (Lipinski definition) is 3. The number of hydrogen-bond acceptors (Lipinski definition) is 3. The molecule has 0 saturated heterocycles. The fourth-order valence-corrected chi connectivity index (χ4v) is 0.982. The van der Waals surface area contributed by atoms with E-state index in [1.165, 1.54) is 0 Å². The summed E-state index contributed by atoms with van der Waals surface area (Å²) in [6.45, 7) is 3.79. The third kappa shape index (κ3) is 4.66. The van der Waals surface area contributed by atoms with E-state index in [9.17, 15) is 9.59 Å². The van der Waals surface area contributed by atoms with Gasteiger partial charge < -0.3 is 20.8 Å². The number of nitrogens with two attached hydrogens (primary N) is 1. The van der Waals surface area contributed by atoms with Crippen molar-refractivity contribution in [2.24, 2.45) is 11.7 Å². The lowest BCUT2D eigenvalue weighted by molar-refractivity contribution is -0.147. The number of carbonyl (C=O) groups is 2. The van der Waals surface area contributed by atoms with Crippen molar-refractivity contribution >= 4 is 12.0 Å². The number of amides is 2. The Hall–Kier alpha value is -1.30. The Labute approximate surface area is 82.3 Å². The second-order valence-electron chi connectivity index (χ2n) is 3.49. The average molecular weight is 204 g/mol. The molecule has 0 rings (SSSR count). The van der Waals surface area contributed by atoms with Gasteiger partial charge in [0, 0.05) is 6.54 Å². The molecular formula is C8H16N2O4. The molecule has 1 unspecified atom stereocenters. The van der Waals surface area contributed by atoms with Gasteiger partial charge in [-0.1, -0.05) is 13.8 Å². The van der Waals surface area contributed by atoms with Crippen molar-refractivity contribution in [3.63, 3.8) is 0 Å². The Balaban J connectivity index is 4.23. The van der Waals surface area contributed by atoms with Crippen LogP contribution in [0.4, 0.5) is 4.79 Å². The second-order valence-corrected chi connectivity index (χ2v) is 3.49. The first-order valence-corrected chi connectivity index (χ1v) is 4.29. The first kappa shape index (κ1) is 12.7. The van der Waals surface area contributed by atoms with Crippen LogP contribution in [-0.4, -0.2) is 46.3 Å². The normalized spacial score (nSPS) is 12.6. The van der Waals surface area contributed by atoms with Crippen LogP contribution in [0.15, 0.2) is 0 Å². The molecular weight excluding hydrogens is 188 g/mol. The maximum absolute atomic E-state index is 10.8. The zero-order valence-corrected chi connectivity index (χ0v) is 8.30. The van der Waals surface area contributed by atoms with E-state index in [0.29, 0.717) is 6.54 Å². The number of carbonyl (C=O) groups excluding carboxylic acids is 1. The topological polar surface area (TPSA) is 104 Å². The van der Waals surface area contributed by atoms with Crippen molar-refractivity contribution in [1.29, 1.82) is 0 Å². The molecule has 0 aromatic heterocycles. The lowest BCUT2D eigenvalue weighted by atomic mass is 10.2. The Bertz CT molecular complexity index is 217. The minimum Gasteiger partial charge on any atom is -0.479 e. The maximum Gasteiger partial charge on any atom is 0.334 e. The predicted octanol–water partition coefficient (Wildman–Crippen LogP) is -0.531. The van der Waals surface area contributed by atoms with Crippen LogP contribution >= 0.6 is 0 Å². The lowest BCUT2D eigenvalue weighted by Gasteiger charge is -2.23. The quantitative estimate of drug-likeness (QED) is 0.559. The van der Waals surface area contributed by atoms with Crippen molar-refractivity contribution < 1.29 is 19.8 Å². The molecule has 82 valence electrons. The highest BCUT2D eigenvalue weighted by Crippen LogP contribution is 2.00. The third-order valence-corrected chi connectivity index (χ3v) is 1.58. The molecule has 0 radical (unpaired) electrons. The SMILES string of the molecule is CC(C)CN(CC(O)C(=O)O)C(N)=O. The summed E-state index contributed by atoms with van der Waals surface area (Å²) in [6.07, 6.45) is -1.58. The molecule has 1 atom stereocenters. The van der Waals surface area contributed by atoms with Crippen molar-refractivity contribution in [3.8, 4) is 0 Å². The molecule has 0 spiro atoms. The summed E-state index contributed by atoms with van der Waals surface area (Å²) in [7, 11) is 0. The van der Waals surface area contributed by atoms with Gasteiger partial charge in [-0.2, -0.15) is 0 Å². The molecule has 0 aliphatic carbocycles. The van der Waals surface area contributed by atoms with Gasteiger partial charge in [-0.25, -0.2) is 9.59 Å². The molecule has 0 aromatic carbocycles. The summed E-state index contributed by atoms with van der Waals surface area (Å²) in [4.78, 5) is 22.3. The maximum atomic E-state index is 10.8. The van der Waals surface area contributed by atoms with E-state index in [1.54, 1.807) is 0 Å². The minimum atomic E-state index is -1.58. The van der Waals surface area contributed by atoms with Gasteiger partial charge in [0.15, 0.2) is 6.10 Å².